The van der Waals surface area contributed by atoms with E-state index in [4.69, 9.17) is 9.84 Å². The average Bonchev–Trinajstić information content (AvgIpc) is 2.29. The zero-order valence-corrected chi connectivity index (χ0v) is 10.5. The van der Waals surface area contributed by atoms with Crippen molar-refractivity contribution in [2.75, 3.05) is 13.2 Å². The zero-order chi connectivity index (χ0) is 12.8. The summed E-state index contributed by atoms with van der Waals surface area (Å²) >= 11 is 0. The van der Waals surface area contributed by atoms with E-state index in [1.54, 1.807) is 13.0 Å². The molecule has 17 heavy (non-hydrogen) atoms. The minimum atomic E-state index is -0.343. The molecule has 0 aliphatic rings. The smallest absolute Gasteiger partial charge is 0.127 e. The van der Waals surface area contributed by atoms with Crippen LogP contribution in [0.5, 0.6) is 5.75 Å². The van der Waals surface area contributed by atoms with Crippen LogP contribution in [0.25, 0.3) is 0 Å². The van der Waals surface area contributed by atoms with Gasteiger partial charge in [-0.2, -0.15) is 0 Å². The van der Waals surface area contributed by atoms with Crippen molar-refractivity contribution in [1.82, 2.24) is 5.32 Å². The summed E-state index contributed by atoms with van der Waals surface area (Å²) in [5, 5.41) is 12.2. The van der Waals surface area contributed by atoms with Gasteiger partial charge in [-0.25, -0.2) is 4.39 Å². The minimum absolute atomic E-state index is 0.0847. The molecule has 0 aromatic heterocycles. The molecule has 0 saturated heterocycles. The van der Waals surface area contributed by atoms with Crippen molar-refractivity contribution in [3.63, 3.8) is 0 Å². The van der Waals surface area contributed by atoms with E-state index < -0.39 is 0 Å². The number of benzene rings is 1. The molecule has 0 fully saturated rings. The Hall–Kier alpha value is -1.13. The van der Waals surface area contributed by atoms with Gasteiger partial charge in [-0.15, -0.1) is 0 Å². The van der Waals surface area contributed by atoms with E-state index >= 15 is 0 Å². The molecule has 0 heterocycles. The summed E-state index contributed by atoms with van der Waals surface area (Å²) in [6, 6.07) is 4.57. The van der Waals surface area contributed by atoms with Crippen LogP contribution in [0.4, 0.5) is 4.39 Å². The third-order valence-corrected chi connectivity index (χ3v) is 2.54. The van der Waals surface area contributed by atoms with Gasteiger partial charge in [0.2, 0.25) is 0 Å². The van der Waals surface area contributed by atoms with Gasteiger partial charge in [-0.1, -0.05) is 13.0 Å². The predicted molar refractivity (Wildman–Crippen MR) is 65.7 cm³/mol. The molecule has 2 N–H and O–H groups in total. The molecule has 0 saturated carbocycles. The van der Waals surface area contributed by atoms with Crippen LogP contribution in [0.2, 0.25) is 0 Å². The second kappa shape index (κ2) is 6.57. The SMILES string of the molecule is CCNC(C)c1ccc(F)cc1OC(C)CO. The van der Waals surface area contributed by atoms with Crippen molar-refractivity contribution >= 4 is 0 Å². The van der Waals surface area contributed by atoms with Crippen molar-refractivity contribution in [2.45, 2.75) is 32.9 Å². The van der Waals surface area contributed by atoms with Gasteiger partial charge in [0.25, 0.3) is 0 Å². The predicted octanol–water partition coefficient (Wildman–Crippen LogP) is 2.26. The molecule has 0 bridgehead atoms. The van der Waals surface area contributed by atoms with Crippen molar-refractivity contribution in [2.24, 2.45) is 0 Å². The van der Waals surface area contributed by atoms with Gasteiger partial charge in [0.05, 0.1) is 6.61 Å². The molecule has 0 radical (unpaired) electrons. The second-order valence-electron chi connectivity index (χ2n) is 4.07. The summed E-state index contributed by atoms with van der Waals surface area (Å²) in [6.45, 7) is 6.48. The summed E-state index contributed by atoms with van der Waals surface area (Å²) in [7, 11) is 0. The number of hydrogen-bond acceptors (Lipinski definition) is 3. The first-order valence-corrected chi connectivity index (χ1v) is 5.88. The Bertz CT molecular complexity index is 357. The van der Waals surface area contributed by atoms with E-state index in [0.29, 0.717) is 5.75 Å². The first kappa shape index (κ1) is 13.9. The van der Waals surface area contributed by atoms with Crippen molar-refractivity contribution in [1.29, 1.82) is 0 Å². The number of rotatable bonds is 6. The first-order valence-electron chi connectivity index (χ1n) is 5.88. The van der Waals surface area contributed by atoms with E-state index in [1.807, 2.05) is 13.8 Å². The molecule has 96 valence electrons. The fraction of sp³-hybridized carbons (Fsp3) is 0.538. The number of hydrogen-bond donors (Lipinski definition) is 2. The van der Waals surface area contributed by atoms with Gasteiger partial charge in [-0.05, 0) is 26.5 Å². The molecule has 1 aromatic rings. The molecule has 0 aliphatic heterocycles. The Balaban J connectivity index is 2.94. The van der Waals surface area contributed by atoms with E-state index in [9.17, 15) is 4.39 Å². The van der Waals surface area contributed by atoms with Crippen molar-refractivity contribution in [3.8, 4) is 5.75 Å². The lowest BCUT2D eigenvalue weighted by Gasteiger charge is -2.20. The molecular weight excluding hydrogens is 221 g/mol. The Labute approximate surface area is 102 Å². The number of aliphatic hydroxyl groups excluding tert-OH is 1. The molecule has 0 amide bonds. The average molecular weight is 241 g/mol. The van der Waals surface area contributed by atoms with Gasteiger partial charge in [0, 0.05) is 17.7 Å². The topological polar surface area (TPSA) is 41.5 Å². The molecule has 0 spiro atoms. The molecule has 3 nitrogen and oxygen atoms in total. The van der Waals surface area contributed by atoms with Crippen LogP contribution in [0, 0.1) is 5.82 Å². The summed E-state index contributed by atoms with van der Waals surface area (Å²) in [4.78, 5) is 0. The fourth-order valence-corrected chi connectivity index (χ4v) is 1.64. The number of ether oxygens (including phenoxy) is 1. The molecule has 0 aliphatic carbocycles. The second-order valence-corrected chi connectivity index (χ2v) is 4.07. The Morgan fingerprint density at radius 2 is 2.12 bits per heavy atom. The van der Waals surface area contributed by atoms with Crippen LogP contribution < -0.4 is 10.1 Å². The van der Waals surface area contributed by atoms with Crippen LogP contribution in [-0.4, -0.2) is 24.4 Å². The third kappa shape index (κ3) is 3.98. The lowest BCUT2D eigenvalue weighted by Crippen LogP contribution is -2.21. The maximum absolute atomic E-state index is 13.2. The molecule has 1 aromatic carbocycles. The van der Waals surface area contributed by atoms with Gasteiger partial charge in [0.15, 0.2) is 0 Å². The highest BCUT2D eigenvalue weighted by Gasteiger charge is 2.13. The standard InChI is InChI=1S/C13H20FNO2/c1-4-15-10(3)12-6-5-11(14)7-13(12)17-9(2)8-16/h5-7,9-10,15-16H,4,8H2,1-3H3. The van der Waals surface area contributed by atoms with Crippen LogP contribution in [-0.2, 0) is 0 Å². The largest absolute Gasteiger partial charge is 0.488 e. The number of nitrogens with one attached hydrogen (secondary N) is 1. The molecule has 4 heteroatoms. The van der Waals surface area contributed by atoms with Gasteiger partial charge in [-0.3, -0.25) is 0 Å². The van der Waals surface area contributed by atoms with Crippen LogP contribution in [0.3, 0.4) is 0 Å². The van der Waals surface area contributed by atoms with Crippen molar-refractivity contribution < 1.29 is 14.2 Å². The Kier molecular flexibility index (Phi) is 5.38. The Morgan fingerprint density at radius 1 is 1.41 bits per heavy atom. The summed E-state index contributed by atoms with van der Waals surface area (Å²) in [5.74, 6) is 0.151. The highest BCUT2D eigenvalue weighted by molar-refractivity contribution is 5.36. The van der Waals surface area contributed by atoms with E-state index in [1.165, 1.54) is 12.1 Å². The Morgan fingerprint density at radius 3 is 2.71 bits per heavy atom. The van der Waals surface area contributed by atoms with Crippen LogP contribution >= 0.6 is 0 Å². The quantitative estimate of drug-likeness (QED) is 0.802. The lowest BCUT2D eigenvalue weighted by atomic mass is 10.1. The maximum atomic E-state index is 13.2. The highest BCUT2D eigenvalue weighted by atomic mass is 19.1. The van der Waals surface area contributed by atoms with Gasteiger partial charge >= 0.3 is 0 Å². The maximum Gasteiger partial charge on any atom is 0.127 e. The number of aliphatic hydroxyl groups is 1. The summed E-state index contributed by atoms with van der Waals surface area (Å²) in [5.41, 5.74) is 0.897. The van der Waals surface area contributed by atoms with Gasteiger partial charge in [0.1, 0.15) is 17.7 Å². The van der Waals surface area contributed by atoms with Crippen LogP contribution in [0.1, 0.15) is 32.4 Å². The van der Waals surface area contributed by atoms with Gasteiger partial charge < -0.3 is 15.2 Å². The highest BCUT2D eigenvalue weighted by Crippen LogP contribution is 2.26. The van der Waals surface area contributed by atoms with Crippen LogP contribution in [0.15, 0.2) is 18.2 Å². The summed E-state index contributed by atoms with van der Waals surface area (Å²) in [6.07, 6.45) is -0.343. The minimum Gasteiger partial charge on any atom is -0.488 e. The number of halogens is 1. The van der Waals surface area contributed by atoms with E-state index in [0.717, 1.165) is 12.1 Å². The molecule has 2 atom stereocenters. The van der Waals surface area contributed by atoms with E-state index in [2.05, 4.69) is 5.32 Å². The normalized spacial score (nSPS) is 14.4. The zero-order valence-electron chi connectivity index (χ0n) is 10.5. The lowest BCUT2D eigenvalue weighted by molar-refractivity contribution is 0.128. The van der Waals surface area contributed by atoms with E-state index in [-0.39, 0.29) is 24.6 Å². The monoisotopic (exact) mass is 241 g/mol. The third-order valence-electron chi connectivity index (χ3n) is 2.54. The molecule has 1 rings (SSSR count). The summed E-state index contributed by atoms with van der Waals surface area (Å²) < 4.78 is 18.7. The molecule has 2 unspecified atom stereocenters. The molecular formula is C13H20FNO2. The fourth-order valence-electron chi connectivity index (χ4n) is 1.64. The van der Waals surface area contributed by atoms with Crippen molar-refractivity contribution in [3.05, 3.63) is 29.6 Å². The first-order chi connectivity index (χ1) is 8.08.